The van der Waals surface area contributed by atoms with Crippen LogP contribution in [-0.2, 0) is 11.2 Å². The Kier molecular flexibility index (Phi) is 7.68. The Bertz CT molecular complexity index is 1070. The third-order valence-corrected chi connectivity index (χ3v) is 5.64. The average Bonchev–Trinajstić information content (AvgIpc) is 3.22. The Labute approximate surface area is 186 Å². The van der Waals surface area contributed by atoms with Gasteiger partial charge in [0, 0.05) is 12.2 Å². The number of hydrogen-bond donors (Lipinski definition) is 0. The Morgan fingerprint density at radius 2 is 1.94 bits per heavy atom. The first-order valence-corrected chi connectivity index (χ1v) is 10.8. The number of ether oxygens (including phenoxy) is 1. The van der Waals surface area contributed by atoms with Crippen LogP contribution in [0, 0.1) is 25.2 Å². The molecule has 8 heteroatoms. The molecule has 0 saturated heterocycles. The van der Waals surface area contributed by atoms with Crippen molar-refractivity contribution in [2.45, 2.75) is 31.9 Å². The van der Waals surface area contributed by atoms with Crippen molar-refractivity contribution >= 4 is 23.4 Å². The second-order valence-electron chi connectivity index (χ2n) is 7.00. The summed E-state index contributed by atoms with van der Waals surface area (Å²) in [4.78, 5) is 14.5. The molecular formula is C23H24N4O3S. The van der Waals surface area contributed by atoms with Crippen LogP contribution in [0.2, 0.25) is 0 Å². The topological polar surface area (TPSA) is 92.3 Å². The molecule has 3 aromatic rings. The van der Waals surface area contributed by atoms with Crippen LogP contribution in [0.4, 0.5) is 5.69 Å². The molecular weight excluding hydrogens is 412 g/mol. The highest BCUT2D eigenvalue weighted by atomic mass is 32.2. The first kappa shape index (κ1) is 22.4. The zero-order valence-corrected chi connectivity index (χ0v) is 18.6. The number of aromatic nitrogens is 2. The van der Waals surface area contributed by atoms with Crippen molar-refractivity contribution in [1.82, 2.24) is 10.2 Å². The Morgan fingerprint density at radius 1 is 1.16 bits per heavy atom. The van der Waals surface area contributed by atoms with Gasteiger partial charge in [0.1, 0.15) is 5.75 Å². The normalized spacial score (nSPS) is 10.5. The monoisotopic (exact) mass is 436 g/mol. The van der Waals surface area contributed by atoms with Gasteiger partial charge in [-0.2, -0.15) is 5.26 Å². The number of rotatable bonds is 9. The number of hydrogen-bond acceptors (Lipinski definition) is 7. The molecule has 3 rings (SSSR count). The van der Waals surface area contributed by atoms with Gasteiger partial charge >= 0.3 is 0 Å². The fourth-order valence-electron chi connectivity index (χ4n) is 2.94. The fraction of sp³-hybridized carbons (Fsp3) is 0.304. The van der Waals surface area contributed by atoms with Crippen molar-refractivity contribution in [3.63, 3.8) is 0 Å². The molecule has 0 aliphatic rings. The lowest BCUT2D eigenvalue weighted by atomic mass is 10.1. The van der Waals surface area contributed by atoms with E-state index in [0.29, 0.717) is 24.1 Å². The summed E-state index contributed by atoms with van der Waals surface area (Å²) in [5.74, 6) is 1.30. The van der Waals surface area contributed by atoms with E-state index in [9.17, 15) is 4.79 Å². The number of benzene rings is 2. The van der Waals surface area contributed by atoms with Gasteiger partial charge in [-0.3, -0.25) is 4.79 Å². The molecule has 1 aromatic heterocycles. The summed E-state index contributed by atoms with van der Waals surface area (Å²) in [7, 11) is 1.62. The second kappa shape index (κ2) is 10.6. The van der Waals surface area contributed by atoms with Crippen LogP contribution in [0.1, 0.15) is 29.0 Å². The summed E-state index contributed by atoms with van der Waals surface area (Å²) in [6, 6.07) is 15.6. The number of thioether (sulfide) groups is 1. The number of methoxy groups -OCH3 is 1. The van der Waals surface area contributed by atoms with Gasteiger partial charge in [0.05, 0.1) is 31.8 Å². The molecule has 0 aliphatic heterocycles. The predicted octanol–water partition coefficient (Wildman–Crippen LogP) is 4.32. The molecule has 0 bridgehead atoms. The van der Waals surface area contributed by atoms with Crippen LogP contribution >= 0.6 is 11.8 Å². The maximum atomic E-state index is 12.9. The molecule has 0 atom stereocenters. The van der Waals surface area contributed by atoms with Gasteiger partial charge in [-0.05, 0) is 54.8 Å². The molecule has 31 heavy (non-hydrogen) atoms. The summed E-state index contributed by atoms with van der Waals surface area (Å²) < 4.78 is 10.8. The highest BCUT2D eigenvalue weighted by Gasteiger charge is 2.18. The molecule has 0 N–H and O–H groups in total. The molecule has 1 amide bonds. The molecule has 7 nitrogen and oxygen atoms in total. The average molecular weight is 437 g/mol. The van der Waals surface area contributed by atoms with Crippen molar-refractivity contribution in [1.29, 1.82) is 5.26 Å². The van der Waals surface area contributed by atoms with Crippen LogP contribution in [-0.4, -0.2) is 35.5 Å². The lowest BCUT2D eigenvalue weighted by Gasteiger charge is -2.22. The van der Waals surface area contributed by atoms with Crippen molar-refractivity contribution < 1.29 is 13.9 Å². The van der Waals surface area contributed by atoms with Gasteiger partial charge in [0.2, 0.25) is 11.8 Å². The van der Waals surface area contributed by atoms with E-state index in [1.807, 2.05) is 56.3 Å². The van der Waals surface area contributed by atoms with Gasteiger partial charge in [0.25, 0.3) is 5.22 Å². The standard InChI is InChI=1S/C23H24N4O3S/c1-16-5-8-19(13-17(16)2)27(12-4-11-24)22(28)15-31-23-26-25-21(30-23)14-18-6-9-20(29-3)10-7-18/h5-10,13H,4,12,14-15H2,1-3H3. The smallest absolute Gasteiger partial charge is 0.277 e. The molecule has 2 aromatic carbocycles. The maximum absolute atomic E-state index is 12.9. The minimum atomic E-state index is -0.113. The molecule has 0 fully saturated rings. The molecule has 1 heterocycles. The first-order valence-electron chi connectivity index (χ1n) is 9.83. The molecule has 160 valence electrons. The third kappa shape index (κ3) is 6.09. The minimum absolute atomic E-state index is 0.113. The van der Waals surface area contributed by atoms with E-state index in [4.69, 9.17) is 14.4 Å². The maximum Gasteiger partial charge on any atom is 0.277 e. The van der Waals surface area contributed by atoms with E-state index >= 15 is 0 Å². The Morgan fingerprint density at radius 3 is 2.61 bits per heavy atom. The third-order valence-electron chi connectivity index (χ3n) is 4.83. The summed E-state index contributed by atoms with van der Waals surface area (Å²) in [6.07, 6.45) is 0.762. The van der Waals surface area contributed by atoms with Crippen LogP contribution < -0.4 is 9.64 Å². The summed E-state index contributed by atoms with van der Waals surface area (Å²) in [5.41, 5.74) is 4.06. The fourth-order valence-corrected chi connectivity index (χ4v) is 3.60. The number of amides is 1. The van der Waals surface area contributed by atoms with E-state index in [2.05, 4.69) is 16.3 Å². The van der Waals surface area contributed by atoms with E-state index < -0.39 is 0 Å². The van der Waals surface area contributed by atoms with Crippen LogP contribution in [0.3, 0.4) is 0 Å². The summed E-state index contributed by atoms with van der Waals surface area (Å²) in [5, 5.41) is 17.4. The number of anilines is 1. The van der Waals surface area contributed by atoms with E-state index in [-0.39, 0.29) is 18.1 Å². The van der Waals surface area contributed by atoms with Crippen LogP contribution in [0.25, 0.3) is 0 Å². The van der Waals surface area contributed by atoms with Crippen molar-refractivity contribution in [2.75, 3.05) is 24.3 Å². The number of carbonyl (C=O) groups is 1. The molecule has 0 aliphatic carbocycles. The van der Waals surface area contributed by atoms with Crippen molar-refractivity contribution in [3.05, 3.63) is 65.0 Å². The lowest BCUT2D eigenvalue weighted by molar-refractivity contribution is -0.116. The molecule has 0 spiro atoms. The summed E-state index contributed by atoms with van der Waals surface area (Å²) >= 11 is 1.20. The van der Waals surface area contributed by atoms with Gasteiger partial charge < -0.3 is 14.1 Å². The predicted molar refractivity (Wildman–Crippen MR) is 119 cm³/mol. The highest BCUT2D eigenvalue weighted by Crippen LogP contribution is 2.23. The molecule has 0 saturated carbocycles. The van der Waals surface area contributed by atoms with Crippen LogP contribution in [0.15, 0.2) is 52.1 Å². The van der Waals surface area contributed by atoms with Gasteiger partial charge in [0.15, 0.2) is 0 Å². The zero-order chi connectivity index (χ0) is 22.2. The number of nitriles is 1. The Balaban J connectivity index is 1.62. The first-order chi connectivity index (χ1) is 15.0. The van der Waals surface area contributed by atoms with E-state index in [0.717, 1.165) is 28.1 Å². The van der Waals surface area contributed by atoms with Gasteiger partial charge in [-0.15, -0.1) is 10.2 Å². The van der Waals surface area contributed by atoms with Crippen molar-refractivity contribution in [3.8, 4) is 11.8 Å². The Hall–Kier alpha value is -3.31. The minimum Gasteiger partial charge on any atom is -0.497 e. The highest BCUT2D eigenvalue weighted by molar-refractivity contribution is 7.99. The largest absolute Gasteiger partial charge is 0.497 e. The van der Waals surface area contributed by atoms with Gasteiger partial charge in [-0.1, -0.05) is 30.0 Å². The zero-order valence-electron chi connectivity index (χ0n) is 17.8. The lowest BCUT2D eigenvalue weighted by Crippen LogP contribution is -2.33. The van der Waals surface area contributed by atoms with Crippen LogP contribution in [0.5, 0.6) is 5.75 Å². The molecule has 0 unspecified atom stereocenters. The van der Waals surface area contributed by atoms with E-state index in [1.165, 1.54) is 11.8 Å². The SMILES string of the molecule is COc1ccc(Cc2nnc(SCC(=O)N(CCC#N)c3ccc(C)c(C)c3)o2)cc1. The van der Waals surface area contributed by atoms with Crippen molar-refractivity contribution in [2.24, 2.45) is 0 Å². The summed E-state index contributed by atoms with van der Waals surface area (Å²) in [6.45, 7) is 4.36. The quantitative estimate of drug-likeness (QED) is 0.461. The van der Waals surface area contributed by atoms with E-state index in [1.54, 1.807) is 12.0 Å². The number of carbonyl (C=O) groups excluding carboxylic acids is 1. The van der Waals surface area contributed by atoms with Gasteiger partial charge in [-0.25, -0.2) is 0 Å². The molecule has 0 radical (unpaired) electrons. The number of aryl methyl sites for hydroxylation is 2. The number of nitrogens with zero attached hydrogens (tertiary/aromatic N) is 4. The second-order valence-corrected chi connectivity index (χ2v) is 7.92.